The summed E-state index contributed by atoms with van der Waals surface area (Å²) in [5.74, 6) is 0.446. The molecule has 1 aromatic heterocycles. The molecule has 0 radical (unpaired) electrons. The molecule has 0 bridgehead atoms. The van der Waals surface area contributed by atoms with E-state index in [-0.39, 0.29) is 31.7 Å². The fourth-order valence-corrected chi connectivity index (χ4v) is 4.24. The van der Waals surface area contributed by atoms with E-state index in [0.29, 0.717) is 11.5 Å². The van der Waals surface area contributed by atoms with Crippen LogP contribution in [-0.4, -0.2) is 41.6 Å². The van der Waals surface area contributed by atoms with Crippen molar-refractivity contribution in [3.8, 4) is 11.5 Å². The van der Waals surface area contributed by atoms with Gasteiger partial charge in [0.2, 0.25) is 12.7 Å². The van der Waals surface area contributed by atoms with Crippen molar-refractivity contribution in [2.45, 2.75) is 31.8 Å². The molecule has 1 saturated heterocycles. The predicted molar refractivity (Wildman–Crippen MR) is 106 cm³/mol. The lowest BCUT2D eigenvalue weighted by Gasteiger charge is -2.22. The van der Waals surface area contributed by atoms with Gasteiger partial charge in [-0.1, -0.05) is 12.1 Å². The molecular formula is C20H21N3O5S. The molecule has 152 valence electrons. The van der Waals surface area contributed by atoms with Gasteiger partial charge in [-0.3, -0.25) is 14.5 Å². The maximum atomic E-state index is 12.9. The van der Waals surface area contributed by atoms with Crippen LogP contribution in [0.2, 0.25) is 0 Å². The van der Waals surface area contributed by atoms with Gasteiger partial charge in [0, 0.05) is 11.3 Å². The standard InChI is InChI=1S/C20H21N3O5S/c1-12(16-4-3-7-29-16)21-17(24)10-23-18(25)20(2,22-19(23)26)9-13-5-6-14-15(8-13)28-11-27-14/h3-8,12H,9-11H2,1-2H3,(H,21,24)(H,22,26)/t12-,20+/m1/s1. The van der Waals surface area contributed by atoms with Crippen LogP contribution in [0.4, 0.5) is 4.79 Å². The van der Waals surface area contributed by atoms with Gasteiger partial charge in [0.05, 0.1) is 6.04 Å². The molecule has 0 spiro atoms. The SMILES string of the molecule is C[C@@H](NC(=O)CN1C(=O)N[C@@](C)(Cc2ccc3c(c2)OCO3)C1=O)c1cccs1. The Morgan fingerprint density at radius 3 is 2.86 bits per heavy atom. The van der Waals surface area contributed by atoms with Crippen molar-refractivity contribution in [1.29, 1.82) is 0 Å². The zero-order chi connectivity index (χ0) is 20.6. The maximum absolute atomic E-state index is 12.9. The van der Waals surface area contributed by atoms with Crippen LogP contribution in [0.5, 0.6) is 11.5 Å². The molecule has 2 aliphatic rings. The van der Waals surface area contributed by atoms with Crippen molar-refractivity contribution < 1.29 is 23.9 Å². The molecule has 8 nitrogen and oxygen atoms in total. The monoisotopic (exact) mass is 415 g/mol. The highest BCUT2D eigenvalue weighted by atomic mass is 32.1. The van der Waals surface area contributed by atoms with Gasteiger partial charge in [-0.25, -0.2) is 4.79 Å². The number of hydrogen-bond donors (Lipinski definition) is 2. The fourth-order valence-electron chi connectivity index (χ4n) is 3.51. The number of rotatable bonds is 6. The third-order valence-electron chi connectivity index (χ3n) is 4.99. The summed E-state index contributed by atoms with van der Waals surface area (Å²) in [6.07, 6.45) is 0.276. The van der Waals surface area contributed by atoms with E-state index in [1.807, 2.05) is 30.5 Å². The first-order valence-corrected chi connectivity index (χ1v) is 10.1. The van der Waals surface area contributed by atoms with Crippen molar-refractivity contribution in [2.24, 2.45) is 0 Å². The molecule has 0 saturated carbocycles. The molecule has 3 heterocycles. The van der Waals surface area contributed by atoms with Crippen LogP contribution in [0.3, 0.4) is 0 Å². The Balaban J connectivity index is 1.41. The van der Waals surface area contributed by atoms with Crippen molar-refractivity contribution in [3.63, 3.8) is 0 Å². The molecule has 2 aromatic rings. The number of fused-ring (bicyclic) bond motifs is 1. The zero-order valence-electron chi connectivity index (χ0n) is 16.1. The minimum Gasteiger partial charge on any atom is -0.454 e. The molecular weight excluding hydrogens is 394 g/mol. The number of thiophene rings is 1. The average Bonchev–Trinajstić information content (AvgIpc) is 3.39. The molecule has 1 fully saturated rings. The van der Waals surface area contributed by atoms with Crippen LogP contribution < -0.4 is 20.1 Å². The summed E-state index contributed by atoms with van der Waals surface area (Å²) >= 11 is 1.53. The predicted octanol–water partition coefficient (Wildman–Crippen LogP) is 2.21. The van der Waals surface area contributed by atoms with Gasteiger partial charge in [0.15, 0.2) is 11.5 Å². The number of imide groups is 1. The normalized spacial score (nSPS) is 21.2. The van der Waals surface area contributed by atoms with Gasteiger partial charge < -0.3 is 20.1 Å². The second-order valence-electron chi connectivity index (χ2n) is 7.32. The summed E-state index contributed by atoms with van der Waals surface area (Å²) in [5, 5.41) is 7.47. The Bertz CT molecular complexity index is 961. The number of nitrogens with zero attached hydrogens (tertiary/aromatic N) is 1. The van der Waals surface area contributed by atoms with Crippen molar-refractivity contribution in [3.05, 3.63) is 46.2 Å². The Hall–Kier alpha value is -3.07. The quantitative estimate of drug-likeness (QED) is 0.705. The van der Waals surface area contributed by atoms with E-state index >= 15 is 0 Å². The molecule has 0 aliphatic carbocycles. The van der Waals surface area contributed by atoms with E-state index in [0.717, 1.165) is 15.3 Å². The van der Waals surface area contributed by atoms with Crippen molar-refractivity contribution in [2.75, 3.05) is 13.3 Å². The maximum Gasteiger partial charge on any atom is 0.325 e. The zero-order valence-corrected chi connectivity index (χ0v) is 16.9. The molecule has 2 atom stereocenters. The molecule has 0 unspecified atom stereocenters. The van der Waals surface area contributed by atoms with E-state index in [1.54, 1.807) is 19.1 Å². The van der Waals surface area contributed by atoms with E-state index in [9.17, 15) is 14.4 Å². The van der Waals surface area contributed by atoms with Gasteiger partial charge in [-0.2, -0.15) is 0 Å². The molecule has 2 aliphatic heterocycles. The molecule has 4 rings (SSSR count). The lowest BCUT2D eigenvalue weighted by atomic mass is 9.92. The molecule has 4 amide bonds. The van der Waals surface area contributed by atoms with Crippen LogP contribution in [-0.2, 0) is 16.0 Å². The third kappa shape index (κ3) is 3.77. The highest BCUT2D eigenvalue weighted by Crippen LogP contribution is 2.34. The topological polar surface area (TPSA) is 97.0 Å². The number of ether oxygens (including phenoxy) is 2. The molecule has 1 aromatic carbocycles. The van der Waals surface area contributed by atoms with Crippen molar-refractivity contribution >= 4 is 29.2 Å². The summed E-state index contributed by atoms with van der Waals surface area (Å²) in [4.78, 5) is 39.7. The number of nitrogens with one attached hydrogen (secondary N) is 2. The van der Waals surface area contributed by atoms with E-state index in [2.05, 4.69) is 10.6 Å². The molecule has 9 heteroatoms. The van der Waals surface area contributed by atoms with Gasteiger partial charge in [-0.05, 0) is 43.0 Å². The van der Waals surface area contributed by atoms with Crippen LogP contribution in [0.1, 0.15) is 30.3 Å². The Labute approximate surface area is 171 Å². The van der Waals surface area contributed by atoms with E-state index < -0.39 is 17.5 Å². The number of hydrogen-bond acceptors (Lipinski definition) is 6. The molecule has 29 heavy (non-hydrogen) atoms. The molecule has 2 N–H and O–H groups in total. The Morgan fingerprint density at radius 1 is 1.31 bits per heavy atom. The van der Waals surface area contributed by atoms with E-state index in [4.69, 9.17) is 9.47 Å². The minimum absolute atomic E-state index is 0.165. The number of urea groups is 1. The summed E-state index contributed by atoms with van der Waals surface area (Å²) in [5.41, 5.74) is -0.312. The largest absolute Gasteiger partial charge is 0.454 e. The number of carbonyl (C=O) groups is 3. The number of amides is 4. The van der Waals surface area contributed by atoms with E-state index in [1.165, 1.54) is 11.3 Å². The first kappa shape index (κ1) is 19.3. The first-order chi connectivity index (χ1) is 13.9. The Morgan fingerprint density at radius 2 is 2.10 bits per heavy atom. The summed E-state index contributed by atoms with van der Waals surface area (Å²) in [6, 6.07) is 8.47. The second kappa shape index (κ2) is 7.40. The summed E-state index contributed by atoms with van der Waals surface area (Å²) < 4.78 is 10.7. The van der Waals surface area contributed by atoms with Gasteiger partial charge in [-0.15, -0.1) is 11.3 Å². The fraction of sp³-hybridized carbons (Fsp3) is 0.350. The lowest BCUT2D eigenvalue weighted by Crippen LogP contribution is -2.47. The summed E-state index contributed by atoms with van der Waals surface area (Å²) in [7, 11) is 0. The smallest absolute Gasteiger partial charge is 0.325 e. The average molecular weight is 415 g/mol. The van der Waals surface area contributed by atoms with Crippen LogP contribution in [0, 0.1) is 0 Å². The van der Waals surface area contributed by atoms with Crippen molar-refractivity contribution in [1.82, 2.24) is 15.5 Å². The second-order valence-corrected chi connectivity index (χ2v) is 8.30. The number of carbonyl (C=O) groups excluding carboxylic acids is 3. The first-order valence-electron chi connectivity index (χ1n) is 9.21. The highest BCUT2D eigenvalue weighted by Gasteiger charge is 2.48. The van der Waals surface area contributed by atoms with Gasteiger partial charge in [0.25, 0.3) is 5.91 Å². The summed E-state index contributed by atoms with van der Waals surface area (Å²) in [6.45, 7) is 3.36. The Kier molecular flexibility index (Phi) is 4.91. The highest BCUT2D eigenvalue weighted by molar-refractivity contribution is 7.10. The van der Waals surface area contributed by atoms with Gasteiger partial charge >= 0.3 is 6.03 Å². The van der Waals surface area contributed by atoms with Crippen LogP contribution in [0.25, 0.3) is 0 Å². The third-order valence-corrected chi connectivity index (χ3v) is 6.04. The van der Waals surface area contributed by atoms with Gasteiger partial charge in [0.1, 0.15) is 12.1 Å². The lowest BCUT2D eigenvalue weighted by molar-refractivity contribution is -0.134. The minimum atomic E-state index is -1.13. The number of benzene rings is 1. The van der Waals surface area contributed by atoms with Crippen LogP contribution in [0.15, 0.2) is 35.7 Å². The van der Waals surface area contributed by atoms with Crippen LogP contribution >= 0.6 is 11.3 Å².